The van der Waals surface area contributed by atoms with Crippen LogP contribution in [0.25, 0.3) is 27.0 Å². The summed E-state index contributed by atoms with van der Waals surface area (Å²) in [4.78, 5) is 33.0. The summed E-state index contributed by atoms with van der Waals surface area (Å²) in [6.07, 6.45) is -3.47. The lowest BCUT2D eigenvalue weighted by Crippen LogP contribution is -2.18. The maximum absolute atomic E-state index is 14.0. The number of nitrogens with two attached hydrogens (primary N) is 1. The van der Waals surface area contributed by atoms with Gasteiger partial charge in [-0.1, -0.05) is 0 Å². The highest BCUT2D eigenvalue weighted by Gasteiger charge is 2.36. The number of hydrogen-bond acceptors (Lipinski definition) is 7. The molecular weight excluding hydrogens is 595 g/mol. The summed E-state index contributed by atoms with van der Waals surface area (Å²) in [6, 6.07) is 2.91. The molecule has 5 aromatic heterocycles. The van der Waals surface area contributed by atoms with E-state index in [4.69, 9.17) is 17.3 Å². The van der Waals surface area contributed by atoms with Crippen LogP contribution in [0.2, 0.25) is 0 Å². The Morgan fingerprint density at radius 2 is 1.80 bits per heavy atom. The molecule has 0 aliphatic rings. The van der Waals surface area contributed by atoms with E-state index in [-0.39, 0.29) is 37.7 Å². The predicted octanol–water partition coefficient (Wildman–Crippen LogP) is 5.50. The number of amides is 2. The molecular formula is C24H18ClF5N8O2S. The van der Waals surface area contributed by atoms with Crippen molar-refractivity contribution < 1.29 is 31.5 Å². The zero-order valence-electron chi connectivity index (χ0n) is 21.3. The van der Waals surface area contributed by atoms with Crippen molar-refractivity contribution in [1.82, 2.24) is 29.4 Å². The van der Waals surface area contributed by atoms with E-state index >= 15 is 0 Å². The lowest BCUT2D eigenvalue weighted by Gasteiger charge is -2.12. The molecule has 0 atom stereocenters. The molecule has 0 saturated heterocycles. The first-order chi connectivity index (χ1) is 19.1. The van der Waals surface area contributed by atoms with Crippen molar-refractivity contribution in [2.24, 2.45) is 5.73 Å². The van der Waals surface area contributed by atoms with Crippen molar-refractivity contribution in [2.45, 2.75) is 38.9 Å². The van der Waals surface area contributed by atoms with E-state index in [0.29, 0.717) is 33.7 Å². The van der Waals surface area contributed by atoms with Gasteiger partial charge in [-0.25, -0.2) is 14.5 Å². The molecule has 0 radical (unpaired) electrons. The van der Waals surface area contributed by atoms with Gasteiger partial charge in [0.25, 0.3) is 11.8 Å². The maximum atomic E-state index is 14.0. The minimum Gasteiger partial charge on any atom is -0.365 e. The lowest BCUT2D eigenvalue weighted by atomic mass is 10.0. The van der Waals surface area contributed by atoms with Crippen LogP contribution in [0.3, 0.4) is 0 Å². The fourth-order valence-electron chi connectivity index (χ4n) is 4.37. The topological polar surface area (TPSA) is 133 Å². The predicted molar refractivity (Wildman–Crippen MR) is 140 cm³/mol. The van der Waals surface area contributed by atoms with Gasteiger partial charge in [-0.15, -0.1) is 11.3 Å². The van der Waals surface area contributed by atoms with Crippen LogP contribution in [-0.2, 0) is 18.1 Å². The Kier molecular flexibility index (Phi) is 6.73. The van der Waals surface area contributed by atoms with Gasteiger partial charge in [-0.2, -0.15) is 32.1 Å². The average Bonchev–Trinajstić information content (AvgIpc) is 3.56. The van der Waals surface area contributed by atoms with E-state index in [1.807, 2.05) is 0 Å². The Bertz CT molecular complexity index is 1870. The number of thiophene rings is 1. The molecule has 0 aromatic carbocycles. The number of primary amides is 1. The Morgan fingerprint density at radius 1 is 1.10 bits per heavy atom. The Morgan fingerprint density at radius 3 is 2.39 bits per heavy atom. The van der Waals surface area contributed by atoms with Crippen LogP contribution in [0.1, 0.15) is 49.9 Å². The average molecular weight is 613 g/mol. The number of hydrogen-bond donors (Lipinski definition) is 2. The lowest BCUT2D eigenvalue weighted by molar-refractivity contribution is -0.140. The first-order valence-corrected chi connectivity index (χ1v) is 12.9. The van der Waals surface area contributed by atoms with Gasteiger partial charge in [0.15, 0.2) is 11.3 Å². The number of halogens is 6. The van der Waals surface area contributed by atoms with Crippen molar-refractivity contribution in [3.8, 4) is 11.1 Å². The summed E-state index contributed by atoms with van der Waals surface area (Å²) in [7, 11) is 0. The standard InChI is InChI=1S/C24H18ClF5N8O2S/c1-4-37-10(3)12(8-32-37)11-6-14(24(28,29)30)34-22-17(11)18(19(41-22)20(31)39)35-21(40)13-7-16-33-9(2)5-15(23(25,26)27)38(16)36-13/h5-8H,4H2,1-3H3,(H2,31,39)(H,35,40). The molecule has 0 spiro atoms. The van der Waals surface area contributed by atoms with Gasteiger partial charge in [0.1, 0.15) is 21.1 Å². The summed E-state index contributed by atoms with van der Waals surface area (Å²) >= 11 is 5.77. The summed E-state index contributed by atoms with van der Waals surface area (Å²) in [6.45, 7) is 5.32. The fourth-order valence-corrected chi connectivity index (χ4v) is 5.51. The summed E-state index contributed by atoms with van der Waals surface area (Å²) in [5.74, 6) is -2.02. The number of fused-ring (bicyclic) bond motifs is 2. The molecule has 41 heavy (non-hydrogen) atoms. The van der Waals surface area contributed by atoms with E-state index in [0.717, 1.165) is 18.2 Å². The van der Waals surface area contributed by atoms with Crippen molar-refractivity contribution >= 4 is 56.3 Å². The number of carbonyl (C=O) groups is 2. The van der Waals surface area contributed by atoms with E-state index in [1.165, 1.54) is 13.1 Å². The van der Waals surface area contributed by atoms with Gasteiger partial charge in [0.2, 0.25) is 0 Å². The van der Waals surface area contributed by atoms with E-state index in [9.17, 15) is 31.5 Å². The van der Waals surface area contributed by atoms with Gasteiger partial charge < -0.3 is 11.1 Å². The number of rotatable bonds is 6. The van der Waals surface area contributed by atoms with Crippen LogP contribution in [-0.4, -0.2) is 41.2 Å². The number of aromatic nitrogens is 6. The number of pyridine rings is 1. The second kappa shape index (κ2) is 9.73. The Labute approximate surface area is 235 Å². The summed E-state index contributed by atoms with van der Waals surface area (Å²) < 4.78 is 71.7. The SMILES string of the molecule is CCn1ncc(-c2cc(C(F)(F)F)nc3sc(C(N)=O)c(NC(=O)c4cc5nc(C)cc(C(F)(F)Cl)n5n4)c23)c1C. The molecule has 17 heteroatoms. The van der Waals surface area contributed by atoms with E-state index in [2.05, 4.69) is 25.5 Å². The number of carbonyl (C=O) groups excluding carboxylic acids is 2. The third-order valence-electron chi connectivity index (χ3n) is 6.19. The Balaban J connectivity index is 1.72. The second-order valence-electron chi connectivity index (χ2n) is 8.90. The molecule has 5 aromatic rings. The second-order valence-corrected chi connectivity index (χ2v) is 10.4. The molecule has 5 rings (SSSR count). The normalized spacial score (nSPS) is 12.4. The van der Waals surface area contributed by atoms with Crippen molar-refractivity contribution in [1.29, 1.82) is 0 Å². The number of nitrogens with zero attached hydrogens (tertiary/aromatic N) is 6. The molecule has 2 amide bonds. The molecule has 5 heterocycles. The van der Waals surface area contributed by atoms with E-state index < -0.39 is 40.5 Å². The number of aryl methyl sites for hydroxylation is 2. The fraction of sp³-hybridized carbons (Fsp3) is 0.250. The summed E-state index contributed by atoms with van der Waals surface area (Å²) in [5.41, 5.74) is 3.84. The van der Waals surface area contributed by atoms with Gasteiger partial charge in [-0.05, 0) is 50.1 Å². The number of anilines is 1. The highest BCUT2D eigenvalue weighted by molar-refractivity contribution is 7.21. The van der Waals surface area contributed by atoms with Gasteiger partial charge >= 0.3 is 11.6 Å². The van der Waals surface area contributed by atoms with Crippen LogP contribution in [0.15, 0.2) is 24.4 Å². The number of alkyl halides is 6. The molecule has 214 valence electrons. The smallest absolute Gasteiger partial charge is 0.365 e. The quantitative estimate of drug-likeness (QED) is 0.192. The zero-order chi connectivity index (χ0) is 30.0. The highest BCUT2D eigenvalue weighted by Crippen LogP contribution is 2.44. The zero-order valence-corrected chi connectivity index (χ0v) is 22.8. The highest BCUT2D eigenvalue weighted by atomic mass is 35.5. The third-order valence-corrected chi connectivity index (χ3v) is 7.48. The molecule has 0 saturated carbocycles. The van der Waals surface area contributed by atoms with Crippen molar-refractivity contribution in [3.63, 3.8) is 0 Å². The van der Waals surface area contributed by atoms with Crippen LogP contribution < -0.4 is 11.1 Å². The van der Waals surface area contributed by atoms with Crippen LogP contribution in [0.4, 0.5) is 27.6 Å². The first kappa shape index (κ1) is 28.4. The van der Waals surface area contributed by atoms with Crippen LogP contribution in [0, 0.1) is 13.8 Å². The van der Waals surface area contributed by atoms with E-state index in [1.54, 1.807) is 18.5 Å². The first-order valence-electron chi connectivity index (χ1n) is 11.7. The third kappa shape index (κ3) is 4.97. The monoisotopic (exact) mass is 612 g/mol. The molecule has 0 aliphatic heterocycles. The maximum Gasteiger partial charge on any atom is 0.433 e. The Hall–Kier alpha value is -4.18. The molecule has 0 fully saturated rings. The van der Waals surface area contributed by atoms with Crippen LogP contribution >= 0.6 is 22.9 Å². The molecule has 10 nitrogen and oxygen atoms in total. The molecule has 0 unspecified atom stereocenters. The van der Waals surface area contributed by atoms with Crippen molar-refractivity contribution in [3.05, 3.63) is 57.7 Å². The van der Waals surface area contributed by atoms with Gasteiger partial charge in [0.05, 0.1) is 11.9 Å². The number of nitrogens with one attached hydrogen (secondary N) is 1. The minimum atomic E-state index is -4.83. The van der Waals surface area contributed by atoms with Gasteiger partial charge in [-0.3, -0.25) is 14.3 Å². The van der Waals surface area contributed by atoms with Crippen LogP contribution in [0.5, 0.6) is 0 Å². The van der Waals surface area contributed by atoms with Crippen molar-refractivity contribution in [2.75, 3.05) is 5.32 Å². The van der Waals surface area contributed by atoms with Gasteiger partial charge in [0, 0.05) is 34.9 Å². The largest absolute Gasteiger partial charge is 0.433 e. The molecule has 0 aliphatic carbocycles. The summed E-state index contributed by atoms with van der Waals surface area (Å²) in [5, 5.41) is 6.73. The molecule has 0 bridgehead atoms. The minimum absolute atomic E-state index is 0.00469. The molecule has 3 N–H and O–H groups in total.